The highest BCUT2D eigenvalue weighted by atomic mass is 32.2. The van der Waals surface area contributed by atoms with Crippen molar-refractivity contribution in [1.82, 2.24) is 5.32 Å². The van der Waals surface area contributed by atoms with E-state index in [1.807, 2.05) is 17.8 Å². The minimum atomic E-state index is -0.0889. The molecule has 0 amide bonds. The molecule has 1 aliphatic heterocycles. The van der Waals surface area contributed by atoms with E-state index < -0.39 is 0 Å². The zero-order valence-corrected chi connectivity index (χ0v) is 13.5. The highest BCUT2D eigenvalue weighted by Gasteiger charge is 2.21. The maximum Gasteiger partial charge on any atom is 0.146 e. The normalized spacial score (nSPS) is 21.0. The van der Waals surface area contributed by atoms with Gasteiger partial charge in [0, 0.05) is 30.1 Å². The van der Waals surface area contributed by atoms with Gasteiger partial charge in [0.2, 0.25) is 0 Å². The van der Waals surface area contributed by atoms with Gasteiger partial charge in [-0.15, -0.1) is 0 Å². The molecule has 1 aliphatic rings. The molecule has 1 fully saturated rings. The molecule has 1 saturated heterocycles. The average molecular weight is 296 g/mol. The molecule has 0 aliphatic carbocycles. The van der Waals surface area contributed by atoms with Crippen molar-refractivity contribution in [2.75, 3.05) is 30.3 Å². The summed E-state index contributed by atoms with van der Waals surface area (Å²) in [4.78, 5) is 2.20. The van der Waals surface area contributed by atoms with Crippen molar-refractivity contribution in [1.29, 1.82) is 0 Å². The molecule has 2 nitrogen and oxygen atoms in total. The number of hydrogen-bond donors (Lipinski definition) is 1. The Hall–Kier alpha value is -0.740. The number of benzene rings is 1. The number of hydrogen-bond acceptors (Lipinski definition) is 3. The Kier molecular flexibility index (Phi) is 5.73. The molecule has 112 valence electrons. The van der Waals surface area contributed by atoms with Gasteiger partial charge in [-0.3, -0.25) is 0 Å². The van der Waals surface area contributed by atoms with Gasteiger partial charge in [0.05, 0.1) is 5.69 Å². The third kappa shape index (κ3) is 3.67. The second kappa shape index (κ2) is 7.32. The second-order valence-corrected chi connectivity index (χ2v) is 6.75. The summed E-state index contributed by atoms with van der Waals surface area (Å²) < 4.78 is 14.4. The van der Waals surface area contributed by atoms with E-state index in [-0.39, 0.29) is 11.9 Å². The Bertz CT molecular complexity index is 438. The molecule has 2 rings (SSSR count). The van der Waals surface area contributed by atoms with E-state index in [0.717, 1.165) is 43.1 Å². The topological polar surface area (TPSA) is 15.3 Å². The van der Waals surface area contributed by atoms with Crippen LogP contribution in [0.3, 0.4) is 0 Å². The van der Waals surface area contributed by atoms with Gasteiger partial charge in [-0.05, 0) is 37.6 Å². The molecule has 2 atom stereocenters. The maximum absolute atomic E-state index is 14.4. The third-order valence-electron chi connectivity index (χ3n) is 3.92. The summed E-state index contributed by atoms with van der Waals surface area (Å²) in [5, 5.41) is 3.95. The van der Waals surface area contributed by atoms with Crippen LogP contribution in [0, 0.1) is 5.82 Å². The lowest BCUT2D eigenvalue weighted by atomic mass is 10.1. The van der Waals surface area contributed by atoms with E-state index in [0.29, 0.717) is 5.25 Å². The summed E-state index contributed by atoms with van der Waals surface area (Å²) in [6.45, 7) is 9.14. The van der Waals surface area contributed by atoms with Crippen LogP contribution < -0.4 is 10.2 Å². The lowest BCUT2D eigenvalue weighted by Crippen LogP contribution is -2.38. The van der Waals surface area contributed by atoms with Gasteiger partial charge in [0.25, 0.3) is 0 Å². The summed E-state index contributed by atoms with van der Waals surface area (Å²) in [5.41, 5.74) is 1.78. The molecule has 2 unspecified atom stereocenters. The van der Waals surface area contributed by atoms with Crippen molar-refractivity contribution in [3.63, 3.8) is 0 Å². The third-order valence-corrected chi connectivity index (χ3v) is 5.29. The molecular formula is C16H25FN2S. The minimum Gasteiger partial charge on any atom is -0.367 e. The first-order valence-electron chi connectivity index (χ1n) is 7.55. The minimum absolute atomic E-state index is 0.0889. The number of rotatable bonds is 5. The Morgan fingerprint density at radius 3 is 2.90 bits per heavy atom. The van der Waals surface area contributed by atoms with Gasteiger partial charge >= 0.3 is 0 Å². The lowest BCUT2D eigenvalue weighted by molar-refractivity contribution is 0.579. The van der Waals surface area contributed by atoms with Crippen molar-refractivity contribution in [3.8, 4) is 0 Å². The Labute approximate surface area is 126 Å². The molecule has 1 aromatic rings. The van der Waals surface area contributed by atoms with E-state index >= 15 is 0 Å². The zero-order chi connectivity index (χ0) is 14.5. The average Bonchev–Trinajstić information content (AvgIpc) is 2.47. The maximum atomic E-state index is 14.4. The first-order chi connectivity index (χ1) is 9.65. The van der Waals surface area contributed by atoms with Gasteiger partial charge in [0.15, 0.2) is 0 Å². The Balaban J connectivity index is 2.13. The van der Waals surface area contributed by atoms with E-state index in [4.69, 9.17) is 0 Å². The predicted octanol–water partition coefficient (Wildman–Crippen LogP) is 3.83. The number of thioether (sulfide) groups is 1. The second-order valence-electron chi connectivity index (χ2n) is 5.34. The Morgan fingerprint density at radius 1 is 1.45 bits per heavy atom. The summed E-state index contributed by atoms with van der Waals surface area (Å²) >= 11 is 2.01. The molecular weight excluding hydrogens is 271 g/mol. The molecule has 1 heterocycles. The standard InChI is InChI=1S/C16H25FN2S/c1-4-14-11-19(8-9-20-14)16-7-6-13(10-15(16)17)12(3)18-5-2/h6-7,10,12,14,18H,4-5,8-9,11H2,1-3H3. The molecule has 0 saturated carbocycles. The summed E-state index contributed by atoms with van der Waals surface area (Å²) in [6, 6.07) is 5.88. The number of halogens is 1. The molecule has 20 heavy (non-hydrogen) atoms. The van der Waals surface area contributed by atoms with Gasteiger partial charge in [0.1, 0.15) is 5.82 Å². The van der Waals surface area contributed by atoms with Crippen molar-refractivity contribution in [2.45, 2.75) is 38.5 Å². The number of nitrogens with zero attached hydrogens (tertiary/aromatic N) is 1. The van der Waals surface area contributed by atoms with Crippen LogP contribution in [0.1, 0.15) is 38.8 Å². The molecule has 1 N–H and O–H groups in total. The monoisotopic (exact) mass is 296 g/mol. The Morgan fingerprint density at radius 2 is 2.25 bits per heavy atom. The van der Waals surface area contributed by atoms with E-state index in [2.05, 4.69) is 37.1 Å². The van der Waals surface area contributed by atoms with Crippen LogP contribution in [0.25, 0.3) is 0 Å². The predicted molar refractivity (Wildman–Crippen MR) is 87.2 cm³/mol. The van der Waals surface area contributed by atoms with Crippen molar-refractivity contribution < 1.29 is 4.39 Å². The van der Waals surface area contributed by atoms with Gasteiger partial charge in [-0.2, -0.15) is 11.8 Å². The lowest BCUT2D eigenvalue weighted by Gasteiger charge is -2.34. The number of anilines is 1. The van der Waals surface area contributed by atoms with Crippen LogP contribution in [-0.4, -0.2) is 30.6 Å². The first-order valence-corrected chi connectivity index (χ1v) is 8.60. The van der Waals surface area contributed by atoms with Gasteiger partial charge < -0.3 is 10.2 Å². The van der Waals surface area contributed by atoms with E-state index in [1.54, 1.807) is 6.07 Å². The largest absolute Gasteiger partial charge is 0.367 e. The molecule has 0 bridgehead atoms. The molecule has 0 aromatic heterocycles. The molecule has 4 heteroatoms. The van der Waals surface area contributed by atoms with Crippen LogP contribution in [0.2, 0.25) is 0 Å². The summed E-state index contributed by atoms with van der Waals surface area (Å²) in [5.74, 6) is 1.00. The van der Waals surface area contributed by atoms with Crippen LogP contribution in [0.4, 0.5) is 10.1 Å². The summed E-state index contributed by atoms with van der Waals surface area (Å²) in [7, 11) is 0. The SMILES string of the molecule is CCNC(C)c1ccc(N2CCSC(CC)C2)c(F)c1. The van der Waals surface area contributed by atoms with Crippen molar-refractivity contribution in [2.24, 2.45) is 0 Å². The zero-order valence-electron chi connectivity index (χ0n) is 12.7. The van der Waals surface area contributed by atoms with Crippen molar-refractivity contribution in [3.05, 3.63) is 29.6 Å². The van der Waals surface area contributed by atoms with E-state index in [1.165, 1.54) is 0 Å². The van der Waals surface area contributed by atoms with Gasteiger partial charge in [-0.1, -0.05) is 19.9 Å². The molecule has 0 radical (unpaired) electrons. The first kappa shape index (κ1) is 15.6. The highest BCUT2D eigenvalue weighted by Crippen LogP contribution is 2.29. The highest BCUT2D eigenvalue weighted by molar-refractivity contribution is 8.00. The quantitative estimate of drug-likeness (QED) is 0.889. The van der Waals surface area contributed by atoms with Crippen LogP contribution in [-0.2, 0) is 0 Å². The van der Waals surface area contributed by atoms with Crippen LogP contribution in [0.15, 0.2) is 18.2 Å². The smallest absolute Gasteiger partial charge is 0.146 e. The molecule has 0 spiro atoms. The van der Waals surface area contributed by atoms with Crippen molar-refractivity contribution >= 4 is 17.4 Å². The van der Waals surface area contributed by atoms with Gasteiger partial charge in [-0.25, -0.2) is 4.39 Å². The van der Waals surface area contributed by atoms with Crippen LogP contribution >= 0.6 is 11.8 Å². The molecule has 1 aromatic carbocycles. The fraction of sp³-hybridized carbons (Fsp3) is 0.625. The number of nitrogens with one attached hydrogen (secondary N) is 1. The summed E-state index contributed by atoms with van der Waals surface area (Å²) in [6.07, 6.45) is 1.15. The van der Waals surface area contributed by atoms with E-state index in [9.17, 15) is 4.39 Å². The fourth-order valence-electron chi connectivity index (χ4n) is 2.66. The van der Waals surface area contributed by atoms with Crippen LogP contribution in [0.5, 0.6) is 0 Å². The fourth-order valence-corrected chi connectivity index (χ4v) is 3.84.